The maximum atomic E-state index is 12.1. The lowest BCUT2D eigenvalue weighted by Crippen LogP contribution is -2.49. The Morgan fingerprint density at radius 3 is 2.90 bits per heavy atom. The molecule has 21 heavy (non-hydrogen) atoms. The summed E-state index contributed by atoms with van der Waals surface area (Å²) in [7, 11) is 0. The third-order valence-electron chi connectivity index (χ3n) is 3.23. The number of benzene rings is 1. The van der Waals surface area contributed by atoms with Crippen LogP contribution in [0.2, 0.25) is 10.0 Å². The Kier molecular flexibility index (Phi) is 7.60. The highest BCUT2D eigenvalue weighted by Gasteiger charge is 2.21. The van der Waals surface area contributed by atoms with E-state index in [1.807, 2.05) is 0 Å². The number of carbonyl (C=O) groups excluding carboxylic acids is 1. The normalized spacial score (nSPS) is 19.3. The zero-order chi connectivity index (χ0) is 14.5. The molecule has 0 radical (unpaired) electrons. The van der Waals surface area contributed by atoms with Crippen molar-refractivity contribution in [1.82, 2.24) is 10.6 Å². The fourth-order valence-corrected chi connectivity index (χ4v) is 2.45. The second-order valence-electron chi connectivity index (χ2n) is 4.86. The van der Waals surface area contributed by atoms with E-state index in [0.717, 1.165) is 25.9 Å². The molecule has 1 aromatic carbocycles. The minimum absolute atomic E-state index is 0. The van der Waals surface area contributed by atoms with E-state index < -0.39 is 6.10 Å². The molecule has 1 aliphatic rings. The summed E-state index contributed by atoms with van der Waals surface area (Å²) in [4.78, 5) is 12.1. The molecule has 2 atom stereocenters. The molecule has 2 N–H and O–H groups in total. The van der Waals surface area contributed by atoms with E-state index in [1.54, 1.807) is 25.1 Å². The van der Waals surface area contributed by atoms with Crippen LogP contribution >= 0.6 is 35.6 Å². The number of halogens is 3. The summed E-state index contributed by atoms with van der Waals surface area (Å²) in [5, 5.41) is 6.96. The molecule has 1 aromatic rings. The monoisotopic (exact) mass is 352 g/mol. The Hall–Kier alpha value is -0.680. The van der Waals surface area contributed by atoms with Gasteiger partial charge in [-0.05, 0) is 38.4 Å². The highest BCUT2D eigenvalue weighted by atomic mass is 35.5. The van der Waals surface area contributed by atoms with Crippen LogP contribution in [0, 0.1) is 0 Å². The molecule has 7 heteroatoms. The minimum atomic E-state index is -0.618. The number of amides is 1. The van der Waals surface area contributed by atoms with Crippen LogP contribution in [0.15, 0.2) is 18.2 Å². The maximum Gasteiger partial charge on any atom is 0.261 e. The van der Waals surface area contributed by atoms with Gasteiger partial charge in [0.1, 0.15) is 10.8 Å². The van der Waals surface area contributed by atoms with Crippen LogP contribution in [0.3, 0.4) is 0 Å². The summed E-state index contributed by atoms with van der Waals surface area (Å²) in [6.45, 7) is 3.51. The van der Waals surface area contributed by atoms with Crippen molar-refractivity contribution in [3.8, 4) is 5.75 Å². The second kappa shape index (κ2) is 8.69. The number of ether oxygens (including phenoxy) is 1. The van der Waals surface area contributed by atoms with E-state index in [1.165, 1.54) is 0 Å². The Labute approximate surface area is 140 Å². The van der Waals surface area contributed by atoms with E-state index in [4.69, 9.17) is 27.9 Å². The molecule has 1 unspecified atom stereocenters. The van der Waals surface area contributed by atoms with E-state index >= 15 is 0 Å². The van der Waals surface area contributed by atoms with E-state index in [0.29, 0.717) is 15.8 Å². The van der Waals surface area contributed by atoms with Gasteiger partial charge in [-0.25, -0.2) is 0 Å². The standard InChI is InChI=1S/C14H18Cl2N2O2.ClH/c1-9(14(19)18-10-4-3-7-17-8-10)20-12-6-2-5-11(15)13(12)16;/h2,5-6,9-10,17H,3-4,7-8H2,1H3,(H,18,19);1H/t9?,10-;/m0./s1. The van der Waals surface area contributed by atoms with Gasteiger partial charge in [0.25, 0.3) is 5.91 Å². The van der Waals surface area contributed by atoms with E-state index in [9.17, 15) is 4.79 Å². The van der Waals surface area contributed by atoms with Gasteiger partial charge in [0.15, 0.2) is 6.10 Å². The van der Waals surface area contributed by atoms with Crippen molar-refractivity contribution in [1.29, 1.82) is 0 Å². The number of hydrogen-bond donors (Lipinski definition) is 2. The van der Waals surface area contributed by atoms with Gasteiger partial charge in [-0.1, -0.05) is 29.3 Å². The van der Waals surface area contributed by atoms with Gasteiger partial charge in [-0.2, -0.15) is 0 Å². The molecule has 1 amide bonds. The van der Waals surface area contributed by atoms with Crippen LogP contribution < -0.4 is 15.4 Å². The van der Waals surface area contributed by atoms with Crippen molar-refractivity contribution >= 4 is 41.5 Å². The molecule has 1 heterocycles. The van der Waals surface area contributed by atoms with Gasteiger partial charge in [-0.3, -0.25) is 4.79 Å². The number of piperidine rings is 1. The van der Waals surface area contributed by atoms with Crippen LogP contribution in [-0.2, 0) is 4.79 Å². The van der Waals surface area contributed by atoms with Crippen LogP contribution in [0.1, 0.15) is 19.8 Å². The molecule has 0 saturated carbocycles. The Morgan fingerprint density at radius 1 is 1.48 bits per heavy atom. The van der Waals surface area contributed by atoms with Gasteiger partial charge in [0, 0.05) is 12.6 Å². The van der Waals surface area contributed by atoms with E-state index in [-0.39, 0.29) is 24.4 Å². The molecule has 4 nitrogen and oxygen atoms in total. The molecule has 118 valence electrons. The lowest BCUT2D eigenvalue weighted by atomic mass is 10.1. The summed E-state index contributed by atoms with van der Waals surface area (Å²) in [6, 6.07) is 5.27. The molecule has 0 spiro atoms. The van der Waals surface area contributed by atoms with Crippen molar-refractivity contribution < 1.29 is 9.53 Å². The fraction of sp³-hybridized carbons (Fsp3) is 0.500. The average molecular weight is 354 g/mol. The molecular weight excluding hydrogens is 335 g/mol. The predicted molar refractivity (Wildman–Crippen MR) is 87.8 cm³/mol. The Bertz CT molecular complexity index is 479. The lowest BCUT2D eigenvalue weighted by molar-refractivity contribution is -0.128. The van der Waals surface area contributed by atoms with Crippen LogP contribution in [0.4, 0.5) is 0 Å². The first kappa shape index (κ1) is 18.4. The molecule has 1 aliphatic heterocycles. The molecule has 2 rings (SSSR count). The van der Waals surface area contributed by atoms with Gasteiger partial charge in [-0.15, -0.1) is 12.4 Å². The van der Waals surface area contributed by atoms with Crippen LogP contribution in [0.5, 0.6) is 5.75 Å². The first-order valence-corrected chi connectivity index (χ1v) is 7.45. The molecule has 1 fully saturated rings. The zero-order valence-corrected chi connectivity index (χ0v) is 14.0. The molecule has 0 aliphatic carbocycles. The number of carbonyl (C=O) groups is 1. The molecule has 0 aromatic heterocycles. The van der Waals surface area contributed by atoms with E-state index in [2.05, 4.69) is 10.6 Å². The molecule has 1 saturated heterocycles. The number of hydrogen-bond acceptors (Lipinski definition) is 3. The zero-order valence-electron chi connectivity index (χ0n) is 11.7. The predicted octanol–water partition coefficient (Wildman–Crippen LogP) is 3.05. The smallest absolute Gasteiger partial charge is 0.261 e. The van der Waals surface area contributed by atoms with Crippen molar-refractivity contribution in [2.24, 2.45) is 0 Å². The average Bonchev–Trinajstić information content (AvgIpc) is 2.45. The first-order valence-electron chi connectivity index (χ1n) is 6.69. The Balaban J connectivity index is 0.00000220. The number of nitrogens with one attached hydrogen (secondary N) is 2. The first-order chi connectivity index (χ1) is 9.58. The number of rotatable bonds is 4. The summed E-state index contributed by atoms with van der Waals surface area (Å²) in [5.41, 5.74) is 0. The van der Waals surface area contributed by atoms with Gasteiger partial charge in [0.2, 0.25) is 0 Å². The molecular formula is C14H19Cl3N2O2. The van der Waals surface area contributed by atoms with Gasteiger partial charge in [0.05, 0.1) is 5.02 Å². The van der Waals surface area contributed by atoms with Crippen LogP contribution in [0.25, 0.3) is 0 Å². The Morgan fingerprint density at radius 2 is 2.24 bits per heavy atom. The van der Waals surface area contributed by atoms with Crippen molar-refractivity contribution in [2.75, 3.05) is 13.1 Å². The summed E-state index contributed by atoms with van der Waals surface area (Å²) in [6.07, 6.45) is 1.44. The highest BCUT2D eigenvalue weighted by Crippen LogP contribution is 2.32. The van der Waals surface area contributed by atoms with Crippen molar-refractivity contribution in [2.45, 2.75) is 31.9 Å². The highest BCUT2D eigenvalue weighted by molar-refractivity contribution is 6.42. The van der Waals surface area contributed by atoms with Gasteiger partial charge >= 0.3 is 0 Å². The maximum absolute atomic E-state index is 12.1. The summed E-state index contributed by atoms with van der Waals surface area (Å²) >= 11 is 11.9. The lowest BCUT2D eigenvalue weighted by Gasteiger charge is -2.25. The van der Waals surface area contributed by atoms with Crippen molar-refractivity contribution in [3.05, 3.63) is 28.2 Å². The fourth-order valence-electron chi connectivity index (χ4n) is 2.11. The quantitative estimate of drug-likeness (QED) is 0.874. The topological polar surface area (TPSA) is 50.4 Å². The summed E-state index contributed by atoms with van der Waals surface area (Å²) in [5.74, 6) is 0.276. The summed E-state index contributed by atoms with van der Waals surface area (Å²) < 4.78 is 5.58. The van der Waals surface area contributed by atoms with Crippen LogP contribution in [-0.4, -0.2) is 31.1 Å². The minimum Gasteiger partial charge on any atom is -0.479 e. The third-order valence-corrected chi connectivity index (χ3v) is 4.03. The second-order valence-corrected chi connectivity index (χ2v) is 5.65. The largest absolute Gasteiger partial charge is 0.479 e. The third kappa shape index (κ3) is 5.22. The van der Waals surface area contributed by atoms with Crippen molar-refractivity contribution in [3.63, 3.8) is 0 Å². The SMILES string of the molecule is CC(Oc1cccc(Cl)c1Cl)C(=O)N[C@H]1CCCNC1.Cl. The molecule has 0 bridgehead atoms. The van der Waals surface area contributed by atoms with Gasteiger partial charge < -0.3 is 15.4 Å².